The van der Waals surface area contributed by atoms with Crippen LogP contribution in [-0.4, -0.2) is 71.0 Å². The highest BCUT2D eigenvalue weighted by molar-refractivity contribution is 6.28. The van der Waals surface area contributed by atoms with E-state index in [2.05, 4.69) is 35.1 Å². The molecule has 1 saturated heterocycles. The van der Waals surface area contributed by atoms with Crippen LogP contribution in [0.25, 0.3) is 11.2 Å². The smallest absolute Gasteiger partial charge is 0.226 e. The van der Waals surface area contributed by atoms with E-state index in [9.17, 15) is 4.79 Å². The molecule has 3 heterocycles. The van der Waals surface area contributed by atoms with Crippen LogP contribution in [0.3, 0.4) is 0 Å². The molecule has 2 aromatic rings. The van der Waals surface area contributed by atoms with E-state index < -0.39 is 0 Å². The number of imidazole rings is 1. The molecule has 1 fully saturated rings. The van der Waals surface area contributed by atoms with Crippen LogP contribution in [0, 0.1) is 5.92 Å². The highest BCUT2D eigenvalue weighted by Crippen LogP contribution is 2.27. The minimum absolute atomic E-state index is 0.0418. The van der Waals surface area contributed by atoms with E-state index in [4.69, 9.17) is 11.6 Å². The van der Waals surface area contributed by atoms with Crippen molar-refractivity contribution in [2.75, 3.05) is 45.2 Å². The molecule has 1 atom stereocenters. The summed E-state index contributed by atoms with van der Waals surface area (Å²) >= 11 is 6.02. The number of carbonyl (C=O) groups is 1. The average Bonchev–Trinajstić information content (AvgIpc) is 3.06. The molecule has 136 valence electrons. The number of fused-ring (bicyclic) bond motifs is 1. The summed E-state index contributed by atoms with van der Waals surface area (Å²) in [7, 11) is 4.06. The second kappa shape index (κ2) is 7.97. The van der Waals surface area contributed by atoms with Crippen molar-refractivity contribution in [3.8, 4) is 0 Å². The third-order valence-corrected chi connectivity index (χ3v) is 4.58. The SMILES string of the molecule is CN(C)CCCNC(=O)[C@H]1CCCN(c2nc(Cl)nc3nc[nH]c23)C1. The number of aromatic nitrogens is 4. The highest BCUT2D eigenvalue weighted by atomic mass is 35.5. The van der Waals surface area contributed by atoms with Gasteiger partial charge in [0.05, 0.1) is 12.2 Å². The Morgan fingerprint density at radius 2 is 2.32 bits per heavy atom. The first-order valence-electron chi connectivity index (χ1n) is 8.58. The number of nitrogens with zero attached hydrogens (tertiary/aromatic N) is 5. The van der Waals surface area contributed by atoms with Gasteiger partial charge in [-0.1, -0.05) is 0 Å². The van der Waals surface area contributed by atoms with Gasteiger partial charge in [0.25, 0.3) is 0 Å². The number of rotatable bonds is 6. The van der Waals surface area contributed by atoms with Crippen molar-refractivity contribution in [1.29, 1.82) is 0 Å². The number of amides is 1. The van der Waals surface area contributed by atoms with Crippen LogP contribution in [0.2, 0.25) is 5.28 Å². The van der Waals surface area contributed by atoms with Gasteiger partial charge in [-0.05, 0) is 51.5 Å². The van der Waals surface area contributed by atoms with E-state index in [0.717, 1.165) is 43.7 Å². The summed E-state index contributed by atoms with van der Waals surface area (Å²) in [6.07, 6.45) is 4.36. The fourth-order valence-electron chi connectivity index (χ4n) is 3.16. The Hall–Kier alpha value is -1.93. The zero-order valence-corrected chi connectivity index (χ0v) is 15.4. The van der Waals surface area contributed by atoms with Crippen molar-refractivity contribution >= 4 is 34.5 Å². The molecule has 1 amide bonds. The third-order valence-electron chi connectivity index (χ3n) is 4.41. The minimum Gasteiger partial charge on any atom is -0.356 e. The molecule has 25 heavy (non-hydrogen) atoms. The van der Waals surface area contributed by atoms with Crippen LogP contribution in [0.4, 0.5) is 5.82 Å². The number of carbonyl (C=O) groups excluding carboxylic acids is 1. The van der Waals surface area contributed by atoms with Crippen LogP contribution < -0.4 is 10.2 Å². The fourth-order valence-corrected chi connectivity index (χ4v) is 3.32. The Morgan fingerprint density at radius 1 is 1.48 bits per heavy atom. The van der Waals surface area contributed by atoms with E-state index >= 15 is 0 Å². The zero-order valence-electron chi connectivity index (χ0n) is 14.6. The topological polar surface area (TPSA) is 90.0 Å². The molecule has 0 aliphatic carbocycles. The number of halogens is 1. The molecule has 9 heteroatoms. The van der Waals surface area contributed by atoms with Crippen LogP contribution >= 0.6 is 11.6 Å². The van der Waals surface area contributed by atoms with Gasteiger partial charge in [-0.25, -0.2) is 4.98 Å². The first kappa shape index (κ1) is 17.9. The summed E-state index contributed by atoms with van der Waals surface area (Å²) in [6, 6.07) is 0. The number of nitrogens with one attached hydrogen (secondary N) is 2. The predicted molar refractivity (Wildman–Crippen MR) is 97.8 cm³/mol. The second-order valence-electron chi connectivity index (χ2n) is 6.65. The molecule has 1 aliphatic heterocycles. The molecule has 0 radical (unpaired) electrons. The Bertz CT molecular complexity index is 732. The third kappa shape index (κ3) is 4.38. The fraction of sp³-hybridized carbons (Fsp3) is 0.625. The quantitative estimate of drug-likeness (QED) is 0.592. The standard InChI is InChI=1S/C16H24ClN7O/c1-23(2)7-4-6-18-15(25)11-5-3-8-24(9-11)14-12-13(20-10-19-12)21-16(17)22-14/h10-11H,3-9H2,1-2H3,(H,18,25)(H,19,20,21,22)/t11-/m0/s1. The Labute approximate surface area is 152 Å². The van der Waals surface area contributed by atoms with Crippen LogP contribution in [0.5, 0.6) is 0 Å². The highest BCUT2D eigenvalue weighted by Gasteiger charge is 2.28. The summed E-state index contributed by atoms with van der Waals surface area (Å²) in [5.41, 5.74) is 1.31. The van der Waals surface area contributed by atoms with Crippen molar-refractivity contribution < 1.29 is 4.79 Å². The van der Waals surface area contributed by atoms with E-state index in [1.165, 1.54) is 0 Å². The van der Waals surface area contributed by atoms with Crippen LogP contribution in [0.1, 0.15) is 19.3 Å². The molecule has 2 aromatic heterocycles. The van der Waals surface area contributed by atoms with Gasteiger partial charge in [0, 0.05) is 19.6 Å². The molecule has 0 bridgehead atoms. The largest absolute Gasteiger partial charge is 0.356 e. The van der Waals surface area contributed by atoms with Gasteiger partial charge >= 0.3 is 0 Å². The van der Waals surface area contributed by atoms with Crippen LogP contribution in [0.15, 0.2) is 6.33 Å². The van der Waals surface area contributed by atoms with Gasteiger partial charge in [-0.2, -0.15) is 9.97 Å². The lowest BCUT2D eigenvalue weighted by Gasteiger charge is -2.33. The number of piperidine rings is 1. The number of hydrogen-bond donors (Lipinski definition) is 2. The Kier molecular flexibility index (Phi) is 5.70. The van der Waals surface area contributed by atoms with Gasteiger partial charge in [-0.3, -0.25) is 4.79 Å². The molecular weight excluding hydrogens is 342 g/mol. The first-order chi connectivity index (χ1) is 12.0. The summed E-state index contributed by atoms with van der Waals surface area (Å²) in [5.74, 6) is 0.793. The molecule has 1 aliphatic rings. The summed E-state index contributed by atoms with van der Waals surface area (Å²) in [4.78, 5) is 32.4. The molecule has 0 unspecified atom stereocenters. The Balaban J connectivity index is 1.64. The average molecular weight is 366 g/mol. The van der Waals surface area contributed by atoms with Crippen molar-refractivity contribution in [3.63, 3.8) is 0 Å². The number of anilines is 1. The Morgan fingerprint density at radius 3 is 3.12 bits per heavy atom. The van der Waals surface area contributed by atoms with Crippen molar-refractivity contribution in [2.45, 2.75) is 19.3 Å². The molecule has 0 spiro atoms. The van der Waals surface area contributed by atoms with E-state index in [-0.39, 0.29) is 17.1 Å². The molecule has 0 aromatic carbocycles. The minimum atomic E-state index is -0.0418. The predicted octanol–water partition coefficient (Wildman–Crippen LogP) is 1.29. The number of hydrogen-bond acceptors (Lipinski definition) is 6. The maximum atomic E-state index is 12.5. The van der Waals surface area contributed by atoms with E-state index in [0.29, 0.717) is 18.7 Å². The normalized spacial score (nSPS) is 18.1. The summed E-state index contributed by atoms with van der Waals surface area (Å²) in [6.45, 7) is 3.14. The van der Waals surface area contributed by atoms with Crippen molar-refractivity contribution in [1.82, 2.24) is 30.2 Å². The summed E-state index contributed by atoms with van der Waals surface area (Å²) < 4.78 is 0. The van der Waals surface area contributed by atoms with Gasteiger partial charge in [0.2, 0.25) is 11.2 Å². The summed E-state index contributed by atoms with van der Waals surface area (Å²) in [5, 5.41) is 3.22. The molecule has 2 N–H and O–H groups in total. The first-order valence-corrected chi connectivity index (χ1v) is 8.96. The lowest BCUT2D eigenvalue weighted by Crippen LogP contribution is -2.44. The van der Waals surface area contributed by atoms with Crippen molar-refractivity contribution in [3.05, 3.63) is 11.6 Å². The van der Waals surface area contributed by atoms with Crippen LogP contribution in [-0.2, 0) is 4.79 Å². The molecule has 3 rings (SSSR count). The van der Waals surface area contributed by atoms with Gasteiger partial charge < -0.3 is 20.1 Å². The number of aromatic amines is 1. The molecule has 8 nitrogen and oxygen atoms in total. The van der Waals surface area contributed by atoms with Gasteiger partial charge in [0.1, 0.15) is 5.52 Å². The maximum Gasteiger partial charge on any atom is 0.226 e. The molecular formula is C16H24ClN7O. The second-order valence-corrected chi connectivity index (χ2v) is 6.99. The van der Waals surface area contributed by atoms with E-state index in [1.807, 2.05) is 14.1 Å². The monoisotopic (exact) mass is 365 g/mol. The zero-order chi connectivity index (χ0) is 17.8. The lowest BCUT2D eigenvalue weighted by atomic mass is 9.97. The van der Waals surface area contributed by atoms with E-state index in [1.54, 1.807) is 6.33 Å². The molecule has 0 saturated carbocycles. The van der Waals surface area contributed by atoms with Crippen molar-refractivity contribution in [2.24, 2.45) is 5.92 Å². The number of H-pyrrole nitrogens is 1. The maximum absolute atomic E-state index is 12.5. The lowest BCUT2D eigenvalue weighted by molar-refractivity contribution is -0.125. The van der Waals surface area contributed by atoms with Gasteiger partial charge in [-0.15, -0.1) is 0 Å². The van der Waals surface area contributed by atoms with Gasteiger partial charge in [0.15, 0.2) is 11.5 Å².